The second-order valence-electron chi connectivity index (χ2n) is 3.87. The summed E-state index contributed by atoms with van der Waals surface area (Å²) in [7, 11) is 1.98. The maximum atomic E-state index is 12.9. The van der Waals surface area contributed by atoms with Crippen LogP contribution >= 0.6 is 0 Å². The zero-order valence-electron chi connectivity index (χ0n) is 8.20. The summed E-state index contributed by atoms with van der Waals surface area (Å²) in [5.41, 5.74) is 2.20. The molecule has 1 aromatic carbocycles. The topological polar surface area (TPSA) is 23.5 Å². The first-order valence-corrected chi connectivity index (χ1v) is 4.79. The van der Waals surface area contributed by atoms with Gasteiger partial charge < -0.3 is 5.11 Å². The Kier molecular flexibility index (Phi) is 2.52. The smallest absolute Gasteiger partial charge is 0.123 e. The number of aliphatic hydroxyl groups excluding tert-OH is 1. The highest BCUT2D eigenvalue weighted by Crippen LogP contribution is 2.22. The van der Waals surface area contributed by atoms with Crippen LogP contribution in [-0.2, 0) is 13.0 Å². The minimum absolute atomic E-state index is 0.129. The van der Waals surface area contributed by atoms with Gasteiger partial charge in [-0.25, -0.2) is 4.39 Å². The van der Waals surface area contributed by atoms with Gasteiger partial charge in [-0.05, 0) is 36.7 Å². The quantitative estimate of drug-likeness (QED) is 0.727. The molecule has 0 aliphatic carbocycles. The molecule has 2 nitrogen and oxygen atoms in total. The number of rotatable bonds is 1. The molecular weight excluding hydrogens is 181 g/mol. The van der Waals surface area contributed by atoms with E-state index in [9.17, 15) is 4.39 Å². The van der Waals surface area contributed by atoms with E-state index in [0.717, 1.165) is 18.5 Å². The molecule has 1 atom stereocenters. The normalized spacial score (nSPS) is 22.1. The van der Waals surface area contributed by atoms with E-state index in [1.54, 1.807) is 6.07 Å². The number of nitrogens with zero attached hydrogens (tertiary/aromatic N) is 1. The molecule has 0 aromatic heterocycles. The van der Waals surface area contributed by atoms with Crippen molar-refractivity contribution in [2.45, 2.75) is 19.0 Å². The summed E-state index contributed by atoms with van der Waals surface area (Å²) >= 11 is 0. The van der Waals surface area contributed by atoms with Crippen LogP contribution in [0.5, 0.6) is 0 Å². The van der Waals surface area contributed by atoms with Crippen LogP contribution in [0.4, 0.5) is 4.39 Å². The van der Waals surface area contributed by atoms with Gasteiger partial charge in [-0.15, -0.1) is 0 Å². The monoisotopic (exact) mass is 195 g/mol. The lowest BCUT2D eigenvalue weighted by atomic mass is 9.95. The fourth-order valence-electron chi connectivity index (χ4n) is 1.95. The van der Waals surface area contributed by atoms with Gasteiger partial charge >= 0.3 is 0 Å². The first-order valence-electron chi connectivity index (χ1n) is 4.79. The Morgan fingerprint density at radius 3 is 3.00 bits per heavy atom. The zero-order chi connectivity index (χ0) is 10.1. The second kappa shape index (κ2) is 3.67. The zero-order valence-corrected chi connectivity index (χ0v) is 8.20. The fourth-order valence-corrected chi connectivity index (χ4v) is 1.95. The van der Waals surface area contributed by atoms with Gasteiger partial charge in [-0.1, -0.05) is 6.07 Å². The van der Waals surface area contributed by atoms with Crippen molar-refractivity contribution in [2.75, 3.05) is 13.7 Å². The van der Waals surface area contributed by atoms with E-state index >= 15 is 0 Å². The predicted octanol–water partition coefficient (Wildman–Crippen LogP) is 1.17. The molecule has 0 radical (unpaired) electrons. The van der Waals surface area contributed by atoms with Gasteiger partial charge in [-0.3, -0.25) is 4.90 Å². The first-order chi connectivity index (χ1) is 6.70. The summed E-state index contributed by atoms with van der Waals surface area (Å²) in [5.74, 6) is -0.190. The second-order valence-corrected chi connectivity index (χ2v) is 3.87. The van der Waals surface area contributed by atoms with Gasteiger partial charge in [0.05, 0.1) is 6.61 Å². The van der Waals surface area contributed by atoms with Crippen molar-refractivity contribution in [1.29, 1.82) is 0 Å². The number of likely N-dealkylation sites (N-methyl/N-ethyl adjacent to an activating group) is 1. The molecule has 0 fully saturated rings. The number of fused-ring (bicyclic) bond motifs is 1. The lowest BCUT2D eigenvalue weighted by Crippen LogP contribution is -2.39. The van der Waals surface area contributed by atoms with Crippen LogP contribution in [0.25, 0.3) is 0 Å². The van der Waals surface area contributed by atoms with E-state index in [2.05, 4.69) is 4.90 Å². The molecule has 14 heavy (non-hydrogen) atoms. The highest BCUT2D eigenvalue weighted by Gasteiger charge is 2.22. The van der Waals surface area contributed by atoms with Crippen molar-refractivity contribution in [3.63, 3.8) is 0 Å². The van der Waals surface area contributed by atoms with Gasteiger partial charge in [0.25, 0.3) is 0 Å². The summed E-state index contributed by atoms with van der Waals surface area (Å²) < 4.78 is 12.9. The number of hydrogen-bond donors (Lipinski definition) is 1. The molecular formula is C11H14FNO. The molecule has 0 amide bonds. The molecule has 1 N–H and O–H groups in total. The van der Waals surface area contributed by atoms with Gasteiger partial charge in [-0.2, -0.15) is 0 Å². The van der Waals surface area contributed by atoms with Crippen LogP contribution < -0.4 is 0 Å². The van der Waals surface area contributed by atoms with Crippen molar-refractivity contribution < 1.29 is 9.50 Å². The largest absolute Gasteiger partial charge is 0.395 e. The molecule has 76 valence electrons. The Morgan fingerprint density at radius 1 is 1.50 bits per heavy atom. The summed E-state index contributed by atoms with van der Waals surface area (Å²) in [6.45, 7) is 0.924. The van der Waals surface area contributed by atoms with Gasteiger partial charge in [0.2, 0.25) is 0 Å². The fraction of sp³-hybridized carbons (Fsp3) is 0.455. The highest BCUT2D eigenvalue weighted by atomic mass is 19.1. The first kappa shape index (κ1) is 9.62. The molecule has 0 saturated heterocycles. The lowest BCUT2D eigenvalue weighted by molar-refractivity contribution is 0.131. The van der Waals surface area contributed by atoms with Crippen molar-refractivity contribution in [2.24, 2.45) is 0 Å². The van der Waals surface area contributed by atoms with Crippen molar-refractivity contribution >= 4 is 0 Å². The van der Waals surface area contributed by atoms with Crippen LogP contribution in [0, 0.1) is 5.82 Å². The Balaban J connectivity index is 2.31. The van der Waals surface area contributed by atoms with Crippen molar-refractivity contribution in [3.05, 3.63) is 35.1 Å². The Morgan fingerprint density at radius 2 is 2.29 bits per heavy atom. The van der Waals surface area contributed by atoms with Gasteiger partial charge in [0, 0.05) is 12.6 Å². The maximum absolute atomic E-state index is 12.9. The van der Waals surface area contributed by atoms with Crippen LogP contribution in [0.15, 0.2) is 18.2 Å². The molecule has 1 aliphatic heterocycles. The molecule has 0 bridgehead atoms. The third-order valence-corrected chi connectivity index (χ3v) is 2.88. The molecule has 0 saturated carbocycles. The molecule has 0 spiro atoms. The number of aliphatic hydroxyl groups is 1. The third kappa shape index (κ3) is 1.65. The lowest BCUT2D eigenvalue weighted by Gasteiger charge is -2.32. The van der Waals surface area contributed by atoms with Crippen molar-refractivity contribution in [3.8, 4) is 0 Å². The van der Waals surface area contributed by atoms with E-state index in [4.69, 9.17) is 5.11 Å². The van der Waals surface area contributed by atoms with E-state index in [0.29, 0.717) is 0 Å². The summed E-state index contributed by atoms with van der Waals surface area (Å²) in [6.07, 6.45) is 0.736. The van der Waals surface area contributed by atoms with Crippen LogP contribution in [-0.4, -0.2) is 29.7 Å². The molecule has 1 heterocycles. The Hall–Kier alpha value is -0.930. The van der Waals surface area contributed by atoms with E-state index < -0.39 is 0 Å². The van der Waals surface area contributed by atoms with Gasteiger partial charge in [0.15, 0.2) is 0 Å². The Labute approximate surface area is 83.0 Å². The van der Waals surface area contributed by atoms with E-state index in [-0.39, 0.29) is 18.5 Å². The van der Waals surface area contributed by atoms with Crippen LogP contribution in [0.3, 0.4) is 0 Å². The van der Waals surface area contributed by atoms with Crippen molar-refractivity contribution in [1.82, 2.24) is 4.90 Å². The molecule has 1 aliphatic rings. The molecule has 0 unspecified atom stereocenters. The van der Waals surface area contributed by atoms with Gasteiger partial charge in [0.1, 0.15) is 5.82 Å². The number of hydrogen-bond acceptors (Lipinski definition) is 2. The van der Waals surface area contributed by atoms with Crippen LogP contribution in [0.1, 0.15) is 11.1 Å². The average molecular weight is 195 g/mol. The minimum Gasteiger partial charge on any atom is -0.395 e. The van der Waals surface area contributed by atoms with Crippen LogP contribution in [0.2, 0.25) is 0 Å². The maximum Gasteiger partial charge on any atom is 0.123 e. The van der Waals surface area contributed by atoms with E-state index in [1.165, 1.54) is 11.6 Å². The highest BCUT2D eigenvalue weighted by molar-refractivity contribution is 5.30. The minimum atomic E-state index is -0.190. The molecule has 1 aromatic rings. The summed E-state index contributed by atoms with van der Waals surface area (Å²) in [6, 6.07) is 5.02. The standard InChI is InChI=1S/C11H14FNO/c1-13-6-8-2-3-10(12)4-9(8)5-11(13)7-14/h2-4,11,14H,5-7H2,1H3/t11-/m0/s1. The Bertz CT molecular complexity index is 340. The third-order valence-electron chi connectivity index (χ3n) is 2.88. The summed E-state index contributed by atoms with van der Waals surface area (Å²) in [5, 5.41) is 9.12. The number of halogens is 1. The SMILES string of the molecule is CN1Cc2ccc(F)cc2C[C@H]1CO. The van der Waals surface area contributed by atoms with E-state index in [1.807, 2.05) is 13.1 Å². The average Bonchev–Trinajstić information content (AvgIpc) is 2.17. The molecule has 3 heteroatoms. The molecule has 2 rings (SSSR count). The summed E-state index contributed by atoms with van der Waals surface area (Å²) in [4.78, 5) is 2.10. The number of benzene rings is 1. The predicted molar refractivity (Wildman–Crippen MR) is 52.4 cm³/mol.